The van der Waals surface area contributed by atoms with Crippen molar-refractivity contribution in [2.24, 2.45) is 0 Å². The molecule has 0 bridgehead atoms. The summed E-state index contributed by atoms with van der Waals surface area (Å²) in [7, 11) is 0. The van der Waals surface area contributed by atoms with Crippen molar-refractivity contribution < 1.29 is 13.2 Å². The van der Waals surface area contributed by atoms with Crippen molar-refractivity contribution in [2.75, 3.05) is 6.54 Å². The zero-order valence-corrected chi connectivity index (χ0v) is 12.6. The Hall–Kier alpha value is -2.09. The minimum atomic E-state index is -4.46. The first-order valence-electron chi connectivity index (χ1n) is 7.35. The second-order valence-corrected chi connectivity index (χ2v) is 5.58. The number of nitrogens with zero attached hydrogens (tertiary/aromatic N) is 5. The molecule has 5 nitrogen and oxygen atoms in total. The van der Waals surface area contributed by atoms with Crippen LogP contribution in [-0.2, 0) is 12.7 Å². The molecule has 8 heteroatoms. The standard InChI is InChI=1S/C15H16F3N5/c1-10-7-13(15(16,17)18)22-14(21-10)12-3-2-6-23(12)9-11-8-19-4-5-20-11/h4-5,7-8,12H,2-3,6,9H2,1H3. The van der Waals surface area contributed by atoms with Gasteiger partial charge >= 0.3 is 6.18 Å². The highest BCUT2D eigenvalue weighted by atomic mass is 19.4. The predicted molar refractivity (Wildman–Crippen MR) is 76.2 cm³/mol. The molecule has 1 atom stereocenters. The Morgan fingerprint density at radius 2 is 2.09 bits per heavy atom. The molecule has 122 valence electrons. The van der Waals surface area contributed by atoms with Gasteiger partial charge in [0.25, 0.3) is 0 Å². The summed E-state index contributed by atoms with van der Waals surface area (Å²) in [6.45, 7) is 2.86. The Balaban J connectivity index is 1.86. The molecule has 2 aromatic heterocycles. The van der Waals surface area contributed by atoms with E-state index in [-0.39, 0.29) is 11.9 Å². The summed E-state index contributed by atoms with van der Waals surface area (Å²) in [6.07, 6.45) is 2.02. The Morgan fingerprint density at radius 1 is 1.26 bits per heavy atom. The lowest BCUT2D eigenvalue weighted by atomic mass is 10.2. The van der Waals surface area contributed by atoms with Gasteiger partial charge in [-0.05, 0) is 32.4 Å². The Labute approximate surface area is 131 Å². The van der Waals surface area contributed by atoms with E-state index in [1.54, 1.807) is 25.5 Å². The van der Waals surface area contributed by atoms with Gasteiger partial charge in [0.05, 0.1) is 11.7 Å². The number of hydrogen-bond donors (Lipinski definition) is 0. The SMILES string of the molecule is Cc1cc(C(F)(F)F)nc(C2CCCN2Cc2cnccn2)n1. The van der Waals surface area contributed by atoms with E-state index in [4.69, 9.17) is 0 Å². The van der Waals surface area contributed by atoms with E-state index >= 15 is 0 Å². The third-order valence-corrected chi connectivity index (χ3v) is 3.81. The number of hydrogen-bond acceptors (Lipinski definition) is 5. The van der Waals surface area contributed by atoms with Crippen molar-refractivity contribution in [1.29, 1.82) is 0 Å². The van der Waals surface area contributed by atoms with Crippen LogP contribution in [0.1, 0.15) is 41.8 Å². The molecule has 0 amide bonds. The van der Waals surface area contributed by atoms with E-state index in [1.165, 1.54) is 0 Å². The van der Waals surface area contributed by atoms with E-state index < -0.39 is 11.9 Å². The van der Waals surface area contributed by atoms with Crippen molar-refractivity contribution in [2.45, 2.75) is 38.5 Å². The lowest BCUT2D eigenvalue weighted by Crippen LogP contribution is -2.26. The number of aryl methyl sites for hydroxylation is 1. The number of halogens is 3. The molecule has 0 aliphatic carbocycles. The molecule has 3 heterocycles. The van der Waals surface area contributed by atoms with Crippen molar-refractivity contribution in [3.8, 4) is 0 Å². The van der Waals surface area contributed by atoms with Gasteiger partial charge in [0.1, 0.15) is 11.5 Å². The number of rotatable bonds is 3. The van der Waals surface area contributed by atoms with Crippen LogP contribution in [0.25, 0.3) is 0 Å². The van der Waals surface area contributed by atoms with Crippen LogP contribution in [0.15, 0.2) is 24.7 Å². The van der Waals surface area contributed by atoms with Crippen LogP contribution >= 0.6 is 0 Å². The van der Waals surface area contributed by atoms with Crippen molar-refractivity contribution in [3.63, 3.8) is 0 Å². The zero-order valence-electron chi connectivity index (χ0n) is 12.6. The Morgan fingerprint density at radius 3 is 2.78 bits per heavy atom. The van der Waals surface area contributed by atoms with E-state index in [2.05, 4.69) is 24.8 Å². The van der Waals surface area contributed by atoms with Crippen LogP contribution in [0.3, 0.4) is 0 Å². The van der Waals surface area contributed by atoms with Crippen LogP contribution in [-0.4, -0.2) is 31.4 Å². The molecule has 1 unspecified atom stereocenters. The summed E-state index contributed by atoms with van der Waals surface area (Å²) in [5, 5.41) is 0. The molecule has 1 saturated heterocycles. The molecule has 1 aliphatic heterocycles. The van der Waals surface area contributed by atoms with Gasteiger partial charge in [-0.3, -0.25) is 14.9 Å². The van der Waals surface area contributed by atoms with Crippen LogP contribution < -0.4 is 0 Å². The monoisotopic (exact) mass is 323 g/mol. The molecular weight excluding hydrogens is 307 g/mol. The molecule has 1 fully saturated rings. The highest BCUT2D eigenvalue weighted by Crippen LogP contribution is 2.33. The average molecular weight is 323 g/mol. The summed E-state index contributed by atoms with van der Waals surface area (Å²) < 4.78 is 38.9. The summed E-state index contributed by atoms with van der Waals surface area (Å²) in [5.74, 6) is 0.235. The molecule has 3 rings (SSSR count). The maximum absolute atomic E-state index is 13.0. The molecule has 0 saturated carbocycles. The maximum Gasteiger partial charge on any atom is 0.433 e. The Bertz CT molecular complexity index is 675. The van der Waals surface area contributed by atoms with Gasteiger partial charge in [-0.2, -0.15) is 13.2 Å². The lowest BCUT2D eigenvalue weighted by Gasteiger charge is -2.23. The summed E-state index contributed by atoms with van der Waals surface area (Å²) in [6, 6.07) is 0.754. The minimum absolute atomic E-state index is 0.224. The van der Waals surface area contributed by atoms with E-state index in [0.717, 1.165) is 31.1 Å². The number of aromatic nitrogens is 4. The Kier molecular flexibility index (Phi) is 4.25. The fourth-order valence-corrected chi connectivity index (χ4v) is 2.81. The first-order chi connectivity index (χ1) is 10.9. The molecule has 1 aliphatic rings. The number of alkyl halides is 3. The smallest absolute Gasteiger partial charge is 0.287 e. The highest BCUT2D eigenvalue weighted by Gasteiger charge is 2.35. The first kappa shape index (κ1) is 15.8. The van der Waals surface area contributed by atoms with Crippen molar-refractivity contribution in [1.82, 2.24) is 24.8 Å². The van der Waals surface area contributed by atoms with E-state index in [9.17, 15) is 13.2 Å². The summed E-state index contributed by atoms with van der Waals surface area (Å²) in [5.41, 5.74) is 0.225. The molecule has 0 N–H and O–H groups in total. The van der Waals surface area contributed by atoms with Gasteiger partial charge in [-0.25, -0.2) is 9.97 Å². The molecular formula is C15H16F3N5. The normalized spacial score (nSPS) is 19.2. The summed E-state index contributed by atoms with van der Waals surface area (Å²) in [4.78, 5) is 18.3. The van der Waals surface area contributed by atoms with Crippen LogP contribution in [0.4, 0.5) is 13.2 Å². The number of likely N-dealkylation sites (tertiary alicyclic amines) is 1. The zero-order chi connectivity index (χ0) is 16.4. The van der Waals surface area contributed by atoms with Gasteiger partial charge in [-0.15, -0.1) is 0 Å². The second kappa shape index (κ2) is 6.19. The topological polar surface area (TPSA) is 54.8 Å². The van der Waals surface area contributed by atoms with Crippen LogP contribution in [0, 0.1) is 6.92 Å². The quantitative estimate of drug-likeness (QED) is 0.869. The molecule has 0 spiro atoms. The minimum Gasteiger partial charge on any atom is -0.287 e. The van der Waals surface area contributed by atoms with E-state index in [1.807, 2.05) is 0 Å². The van der Waals surface area contributed by atoms with Gasteiger partial charge in [0, 0.05) is 30.8 Å². The lowest BCUT2D eigenvalue weighted by molar-refractivity contribution is -0.141. The van der Waals surface area contributed by atoms with Crippen molar-refractivity contribution >= 4 is 0 Å². The van der Waals surface area contributed by atoms with Gasteiger partial charge in [0.2, 0.25) is 0 Å². The van der Waals surface area contributed by atoms with Crippen LogP contribution in [0.5, 0.6) is 0 Å². The van der Waals surface area contributed by atoms with E-state index in [0.29, 0.717) is 12.2 Å². The third-order valence-electron chi connectivity index (χ3n) is 3.81. The fourth-order valence-electron chi connectivity index (χ4n) is 2.81. The van der Waals surface area contributed by atoms with Gasteiger partial charge < -0.3 is 0 Å². The molecule has 23 heavy (non-hydrogen) atoms. The maximum atomic E-state index is 13.0. The summed E-state index contributed by atoms with van der Waals surface area (Å²) >= 11 is 0. The molecule has 0 radical (unpaired) electrons. The fraction of sp³-hybridized carbons (Fsp3) is 0.467. The third kappa shape index (κ3) is 3.64. The van der Waals surface area contributed by atoms with Gasteiger partial charge in [0.15, 0.2) is 0 Å². The van der Waals surface area contributed by atoms with Crippen LogP contribution in [0.2, 0.25) is 0 Å². The molecule has 2 aromatic rings. The largest absolute Gasteiger partial charge is 0.433 e. The van der Waals surface area contributed by atoms with Crippen molar-refractivity contribution in [3.05, 3.63) is 47.6 Å². The second-order valence-electron chi connectivity index (χ2n) is 5.58. The average Bonchev–Trinajstić information content (AvgIpc) is 2.95. The predicted octanol–water partition coefficient (Wildman–Crippen LogP) is 2.93. The highest BCUT2D eigenvalue weighted by molar-refractivity contribution is 5.15. The molecule has 0 aromatic carbocycles. The first-order valence-corrected chi connectivity index (χ1v) is 7.35. The van der Waals surface area contributed by atoms with Gasteiger partial charge in [-0.1, -0.05) is 0 Å².